The third-order valence-electron chi connectivity index (χ3n) is 18.8. The van der Waals surface area contributed by atoms with Gasteiger partial charge < -0.3 is 0 Å². The Labute approximate surface area is 205 Å². The molecule has 3 heteroatoms. The summed E-state index contributed by atoms with van der Waals surface area (Å²) in [6.45, 7) is 13.3. The zero-order valence-electron chi connectivity index (χ0n) is 22.4. The van der Waals surface area contributed by atoms with Gasteiger partial charge in [-0.15, -0.1) is 0 Å². The van der Waals surface area contributed by atoms with Crippen molar-refractivity contribution < 1.29 is 6.51 Å². The molecule has 0 saturated carbocycles. The molecule has 12 rings (SSSR count). The molecule has 0 aromatic heterocycles. The minimum atomic E-state index is -3.41. The zero-order valence-corrected chi connectivity index (χ0v) is 25.4. The van der Waals surface area contributed by atoms with Crippen LogP contribution in [0.2, 0.25) is 38.5 Å². The fourth-order valence-corrected chi connectivity index (χ4v) is 123. The van der Waals surface area contributed by atoms with E-state index >= 15 is 0 Å². The van der Waals surface area contributed by atoms with E-state index < -0.39 is 6.51 Å². The van der Waals surface area contributed by atoms with Crippen molar-refractivity contribution in [3.8, 4) is 0 Å². The Morgan fingerprint density at radius 2 is 1.14 bits per heavy atom. The molecule has 0 bridgehead atoms. The van der Waals surface area contributed by atoms with Crippen LogP contribution in [0.15, 0.2) is 60.7 Å². The van der Waals surface area contributed by atoms with Crippen molar-refractivity contribution in [3.05, 3.63) is 60.7 Å². The van der Waals surface area contributed by atoms with Crippen molar-refractivity contribution in [3.63, 3.8) is 0 Å². The molecule has 6 atom stereocenters. The first-order chi connectivity index (χ1) is 16.3. The summed E-state index contributed by atoms with van der Waals surface area (Å²) >= 11 is 0. The van der Waals surface area contributed by atoms with Crippen molar-refractivity contribution in [1.29, 1.82) is 0 Å². The summed E-state index contributed by atoms with van der Waals surface area (Å²) in [7, 11) is 1.12. The van der Waals surface area contributed by atoms with E-state index in [1.165, 1.54) is 53.5 Å². The summed E-state index contributed by atoms with van der Waals surface area (Å²) in [5.41, 5.74) is 0.542. The summed E-state index contributed by atoms with van der Waals surface area (Å²) in [6.07, 6.45) is 1.27. The second kappa shape index (κ2) is 2.81. The number of fused-ring (bicyclic) bond motifs is 10. The molecule has 2 aromatic carbocycles. The van der Waals surface area contributed by atoms with E-state index in [0.717, 1.165) is 8.11 Å². The van der Waals surface area contributed by atoms with Gasteiger partial charge in [0.25, 0.3) is 0 Å². The molecule has 6 unspecified atom stereocenters. The van der Waals surface area contributed by atoms with Gasteiger partial charge in [0.05, 0.1) is 0 Å². The van der Waals surface area contributed by atoms with E-state index in [1.807, 2.05) is 0 Å². The maximum Gasteiger partial charge on any atom is -0.0385 e. The molecule has 188 valence electrons. The van der Waals surface area contributed by atoms with Crippen LogP contribution in [0.1, 0.15) is 54.9 Å². The van der Waals surface area contributed by atoms with Crippen LogP contribution < -0.4 is 10.6 Å². The first-order valence-corrected chi connectivity index (χ1v) is 22.7. The third kappa shape index (κ3) is 0.485. The van der Waals surface area contributed by atoms with E-state index in [1.54, 1.807) is 10.6 Å². The number of hydrogen-bond donors (Lipinski definition) is 0. The van der Waals surface area contributed by atoms with Gasteiger partial charge in [0.1, 0.15) is 0 Å². The van der Waals surface area contributed by atoms with Crippen LogP contribution in [0.3, 0.4) is 0 Å². The quantitative estimate of drug-likeness (QED) is 0.266. The molecule has 1 spiro atoms. The molecule has 10 heterocycles. The smallest absolute Gasteiger partial charge is 0.0385 e. The Hall–Kier alpha value is -0.181. The van der Waals surface area contributed by atoms with Crippen LogP contribution in [-0.2, 0) is 6.51 Å². The summed E-state index contributed by atoms with van der Waals surface area (Å²) in [4.78, 5) is 11.1. The average Bonchev–Trinajstić information content (AvgIpc) is 3.76. The summed E-state index contributed by atoms with van der Waals surface area (Å²) in [6, 6.07) is 24.0. The van der Waals surface area contributed by atoms with E-state index in [-0.39, 0.29) is 7.92 Å². The molecule has 0 N–H and O–H groups in total. The zero-order chi connectivity index (χ0) is 24.2. The largest absolute Gasteiger partial charge is 0.0649 e. The van der Waals surface area contributed by atoms with Crippen molar-refractivity contribution in [1.82, 2.24) is 0 Å². The van der Waals surface area contributed by atoms with Gasteiger partial charge in [-0.3, -0.25) is 0 Å². The van der Waals surface area contributed by atoms with Gasteiger partial charge >= 0.3 is 167 Å². The molecular formula is C32H42FeP2. The Kier molecular flexibility index (Phi) is 1.59. The van der Waals surface area contributed by atoms with E-state index in [4.69, 9.17) is 0 Å². The molecule has 2 aromatic rings. The Balaban J connectivity index is 0.000000256. The monoisotopic (exact) mass is 544 g/mol. The van der Waals surface area contributed by atoms with Crippen LogP contribution in [0.4, 0.5) is 0 Å². The fourth-order valence-electron chi connectivity index (χ4n) is 19.6. The molecule has 10 saturated heterocycles. The van der Waals surface area contributed by atoms with Gasteiger partial charge in [-0.2, -0.15) is 0 Å². The van der Waals surface area contributed by atoms with Gasteiger partial charge in [-0.05, 0) is 5.41 Å². The van der Waals surface area contributed by atoms with Crippen molar-refractivity contribution in [2.45, 2.75) is 107 Å². The summed E-state index contributed by atoms with van der Waals surface area (Å²) in [5, 5.41) is 4.04. The minimum absolute atomic E-state index is 0.163. The molecule has 0 aliphatic carbocycles. The summed E-state index contributed by atoms with van der Waals surface area (Å²) in [5.74, 6) is 0. The number of rotatable bonds is 4. The van der Waals surface area contributed by atoms with E-state index in [9.17, 15) is 0 Å². The fraction of sp³-hybridized carbons (Fsp3) is 0.625. The molecule has 0 radical (unpaired) electrons. The van der Waals surface area contributed by atoms with Crippen molar-refractivity contribution >= 4 is 27.1 Å². The van der Waals surface area contributed by atoms with E-state index in [0.29, 0.717) is 10.6 Å². The second-order valence-corrected chi connectivity index (χ2v) is 47.0. The minimum Gasteiger partial charge on any atom is -0.0649 e. The third-order valence-corrected chi connectivity index (χ3v) is 74.9. The van der Waals surface area contributed by atoms with Crippen LogP contribution >= 0.6 is 16.5 Å². The average molecular weight is 544 g/mol. The molecule has 10 fully saturated rings. The SMILES string of the molecule is CC(C)(C)P[C]12[CH]3[CH]4[CH]5[C]1(P(c1ccccc1)c1ccccc1)[Fe]43521678[CH]2[CH]1[CH]6[CH]7[CH]28.CCC(C)(C)C. The van der Waals surface area contributed by atoms with Crippen LogP contribution in [-0.4, -0.2) is 13.3 Å². The molecule has 35 heavy (non-hydrogen) atoms. The molecule has 10 aliphatic heterocycles. The molecule has 0 amide bonds. The first-order valence-electron chi connectivity index (χ1n) is 14.2. The standard InChI is InChI=1S/C21H23P2.C6H14.C5H5.Fe/c1-21(2,3)22-19-15-10-16-20(19)23(17-11-6-4-7-12-17)18-13-8-5-9-14-18;1-5-6(2,3)4;1-2-4-5-3-1;/h4-16,22H,1-3H3;5H2,1-4H3;1-5H;. The van der Waals surface area contributed by atoms with Gasteiger partial charge in [-0.1, -0.05) is 34.1 Å². The molecular weight excluding hydrogens is 502 g/mol. The maximum atomic E-state index is 2.60. The van der Waals surface area contributed by atoms with Crippen LogP contribution in [0, 0.1) is 5.41 Å². The Morgan fingerprint density at radius 1 is 0.714 bits per heavy atom. The van der Waals surface area contributed by atoms with Gasteiger partial charge in [0, 0.05) is 0 Å². The predicted octanol–water partition coefficient (Wildman–Crippen LogP) is 9.24. The van der Waals surface area contributed by atoms with E-state index in [2.05, 4.69) is 109 Å². The number of benzene rings is 2. The number of hydrogen-bond acceptors (Lipinski definition) is 0. The van der Waals surface area contributed by atoms with Crippen molar-refractivity contribution in [2.24, 2.45) is 5.41 Å². The summed E-state index contributed by atoms with van der Waals surface area (Å²) < 4.78 is 1.86. The topological polar surface area (TPSA) is 0 Å². The van der Waals surface area contributed by atoms with Crippen molar-refractivity contribution in [2.75, 3.05) is 0 Å². The Morgan fingerprint density at radius 3 is 1.46 bits per heavy atom. The molecule has 10 aliphatic rings. The molecule has 0 nitrogen and oxygen atoms in total. The van der Waals surface area contributed by atoms with Gasteiger partial charge in [0.2, 0.25) is 0 Å². The van der Waals surface area contributed by atoms with Gasteiger partial charge in [-0.25, -0.2) is 0 Å². The first kappa shape index (κ1) is 19.8. The second-order valence-electron chi connectivity index (χ2n) is 18.0. The normalized spacial score (nSPS) is 67.0. The Bertz CT molecular complexity index is 1660. The predicted molar refractivity (Wildman–Crippen MR) is 152 cm³/mol. The van der Waals surface area contributed by atoms with Gasteiger partial charge in [0.15, 0.2) is 0 Å². The van der Waals surface area contributed by atoms with Crippen LogP contribution in [0.25, 0.3) is 0 Å². The maximum absolute atomic E-state index is 3.41. The van der Waals surface area contributed by atoms with Crippen LogP contribution in [0.5, 0.6) is 0 Å².